The topological polar surface area (TPSA) is 60.1 Å². The van der Waals surface area contributed by atoms with E-state index >= 15 is 0 Å². The standard InChI is InChI=1S/C16H14F6N4O2/c1-24-14(16(20,21)22)23-26(15(24)28)8-4-6-25(7-5-8)13(27)9-2-3-10(17)12(19)11(9)18/h2-3,8H,4-7H2,1H3. The van der Waals surface area contributed by atoms with Crippen LogP contribution in [-0.2, 0) is 13.2 Å². The molecule has 2 aromatic rings. The van der Waals surface area contributed by atoms with Crippen LogP contribution in [0.4, 0.5) is 26.3 Å². The highest BCUT2D eigenvalue weighted by molar-refractivity contribution is 5.94. The zero-order valence-electron chi connectivity index (χ0n) is 14.4. The minimum absolute atomic E-state index is 0.0215. The van der Waals surface area contributed by atoms with Crippen LogP contribution < -0.4 is 5.69 Å². The van der Waals surface area contributed by atoms with E-state index in [0.717, 1.165) is 22.7 Å². The number of likely N-dealkylation sites (tertiary alicyclic amines) is 1. The Kier molecular flexibility index (Phi) is 4.98. The molecule has 1 saturated heterocycles. The van der Waals surface area contributed by atoms with Crippen molar-refractivity contribution in [1.82, 2.24) is 19.2 Å². The molecular formula is C16H14F6N4O2. The SMILES string of the molecule is Cn1c(C(F)(F)F)nn(C2CCN(C(=O)c3ccc(F)c(F)c3F)CC2)c1=O. The van der Waals surface area contributed by atoms with Gasteiger partial charge < -0.3 is 4.90 Å². The first-order chi connectivity index (χ1) is 13.0. The Morgan fingerprint density at radius 2 is 1.71 bits per heavy atom. The van der Waals surface area contributed by atoms with Gasteiger partial charge in [0.2, 0.25) is 5.82 Å². The molecule has 1 amide bonds. The van der Waals surface area contributed by atoms with E-state index in [1.54, 1.807) is 0 Å². The highest BCUT2D eigenvalue weighted by Crippen LogP contribution is 2.28. The third-order valence-corrected chi connectivity index (χ3v) is 4.62. The summed E-state index contributed by atoms with van der Waals surface area (Å²) in [5.74, 6) is -7.01. The van der Waals surface area contributed by atoms with Gasteiger partial charge in [0.25, 0.3) is 5.91 Å². The van der Waals surface area contributed by atoms with E-state index < -0.39 is 52.7 Å². The van der Waals surface area contributed by atoms with Gasteiger partial charge in [-0.05, 0) is 25.0 Å². The zero-order valence-corrected chi connectivity index (χ0v) is 14.4. The van der Waals surface area contributed by atoms with Gasteiger partial charge in [-0.3, -0.25) is 9.36 Å². The number of nitrogens with zero attached hydrogens (tertiary/aromatic N) is 4. The van der Waals surface area contributed by atoms with E-state index in [4.69, 9.17) is 0 Å². The molecule has 2 heterocycles. The molecule has 1 aromatic carbocycles. The molecule has 12 heteroatoms. The number of hydrogen-bond acceptors (Lipinski definition) is 3. The molecule has 0 radical (unpaired) electrons. The van der Waals surface area contributed by atoms with Crippen molar-refractivity contribution in [3.8, 4) is 0 Å². The van der Waals surface area contributed by atoms with Gasteiger partial charge >= 0.3 is 11.9 Å². The van der Waals surface area contributed by atoms with Gasteiger partial charge in [-0.1, -0.05) is 0 Å². The van der Waals surface area contributed by atoms with Crippen LogP contribution in [0, 0.1) is 17.5 Å². The molecule has 6 nitrogen and oxygen atoms in total. The van der Waals surface area contributed by atoms with Crippen molar-refractivity contribution in [2.45, 2.75) is 25.1 Å². The van der Waals surface area contributed by atoms with Crippen molar-refractivity contribution >= 4 is 5.91 Å². The molecule has 0 saturated carbocycles. The molecule has 0 spiro atoms. The third kappa shape index (κ3) is 3.38. The molecule has 0 bridgehead atoms. The summed E-state index contributed by atoms with van der Waals surface area (Å²) in [6, 6.07) is 0.764. The molecule has 152 valence electrons. The number of aromatic nitrogens is 3. The number of hydrogen-bond donors (Lipinski definition) is 0. The van der Waals surface area contributed by atoms with Crippen molar-refractivity contribution in [3.63, 3.8) is 0 Å². The number of alkyl halides is 3. The number of amides is 1. The Hall–Kier alpha value is -2.79. The minimum Gasteiger partial charge on any atom is -0.338 e. The number of carbonyl (C=O) groups excluding carboxylic acids is 1. The normalized spacial score (nSPS) is 15.9. The Balaban J connectivity index is 1.76. The van der Waals surface area contributed by atoms with Crippen LogP contribution in [0.1, 0.15) is 35.1 Å². The highest BCUT2D eigenvalue weighted by Gasteiger charge is 2.39. The van der Waals surface area contributed by atoms with Gasteiger partial charge in [0.05, 0.1) is 11.6 Å². The van der Waals surface area contributed by atoms with Gasteiger partial charge in [0, 0.05) is 20.1 Å². The van der Waals surface area contributed by atoms with Crippen molar-refractivity contribution in [2.24, 2.45) is 7.05 Å². The monoisotopic (exact) mass is 408 g/mol. The number of rotatable bonds is 2. The summed E-state index contributed by atoms with van der Waals surface area (Å²) in [7, 11) is 0.958. The van der Waals surface area contributed by atoms with Crippen molar-refractivity contribution in [3.05, 3.63) is 51.5 Å². The summed E-state index contributed by atoms with van der Waals surface area (Å²) in [6.45, 7) is -0.0431. The summed E-state index contributed by atoms with van der Waals surface area (Å²) < 4.78 is 79.9. The first-order valence-electron chi connectivity index (χ1n) is 8.18. The van der Waals surface area contributed by atoms with Crippen LogP contribution >= 0.6 is 0 Å². The average molecular weight is 408 g/mol. The molecule has 1 aliphatic rings. The number of benzene rings is 1. The molecule has 0 unspecified atom stereocenters. The summed E-state index contributed by atoms with van der Waals surface area (Å²) in [5.41, 5.74) is -1.59. The lowest BCUT2D eigenvalue weighted by Crippen LogP contribution is -2.41. The van der Waals surface area contributed by atoms with E-state index in [-0.39, 0.29) is 25.9 Å². The van der Waals surface area contributed by atoms with Crippen LogP contribution in [-0.4, -0.2) is 38.2 Å². The van der Waals surface area contributed by atoms with Crippen LogP contribution in [0.25, 0.3) is 0 Å². The molecule has 0 atom stereocenters. The molecule has 3 rings (SSSR count). The second-order valence-electron chi connectivity index (χ2n) is 6.35. The van der Waals surface area contributed by atoms with Crippen molar-refractivity contribution in [1.29, 1.82) is 0 Å². The fourth-order valence-corrected chi connectivity index (χ4v) is 3.12. The van der Waals surface area contributed by atoms with Gasteiger partial charge in [-0.25, -0.2) is 22.6 Å². The Morgan fingerprint density at radius 1 is 1.11 bits per heavy atom. The van der Waals surface area contributed by atoms with Crippen LogP contribution in [0.2, 0.25) is 0 Å². The van der Waals surface area contributed by atoms with E-state index in [9.17, 15) is 35.9 Å². The molecule has 0 N–H and O–H groups in total. The average Bonchev–Trinajstić information content (AvgIpc) is 2.95. The Morgan fingerprint density at radius 3 is 2.25 bits per heavy atom. The summed E-state index contributed by atoms with van der Waals surface area (Å²) in [6.07, 6.45) is -4.61. The maximum absolute atomic E-state index is 13.8. The Bertz CT molecular complexity index is 973. The second-order valence-corrected chi connectivity index (χ2v) is 6.35. The lowest BCUT2D eigenvalue weighted by Gasteiger charge is -2.31. The van der Waals surface area contributed by atoms with E-state index in [1.165, 1.54) is 0 Å². The highest BCUT2D eigenvalue weighted by atomic mass is 19.4. The predicted molar refractivity (Wildman–Crippen MR) is 83.0 cm³/mol. The van der Waals surface area contributed by atoms with E-state index in [1.807, 2.05) is 0 Å². The summed E-state index contributed by atoms with van der Waals surface area (Å²) in [5, 5.41) is 3.36. The van der Waals surface area contributed by atoms with Crippen molar-refractivity contribution < 1.29 is 31.1 Å². The van der Waals surface area contributed by atoms with Gasteiger partial charge in [0.1, 0.15) is 0 Å². The molecule has 28 heavy (non-hydrogen) atoms. The first-order valence-corrected chi connectivity index (χ1v) is 8.18. The second kappa shape index (κ2) is 6.99. The van der Waals surface area contributed by atoms with Gasteiger partial charge in [-0.15, -0.1) is 5.10 Å². The molecule has 1 aliphatic heterocycles. The van der Waals surface area contributed by atoms with Gasteiger partial charge in [-0.2, -0.15) is 13.2 Å². The lowest BCUT2D eigenvalue weighted by molar-refractivity contribution is -0.147. The molecule has 1 fully saturated rings. The quantitative estimate of drug-likeness (QED) is 0.567. The largest absolute Gasteiger partial charge is 0.451 e. The van der Waals surface area contributed by atoms with Gasteiger partial charge in [0.15, 0.2) is 17.5 Å². The van der Waals surface area contributed by atoms with Crippen LogP contribution in [0.15, 0.2) is 16.9 Å². The first kappa shape index (κ1) is 20.0. The smallest absolute Gasteiger partial charge is 0.338 e. The van der Waals surface area contributed by atoms with Crippen molar-refractivity contribution in [2.75, 3.05) is 13.1 Å². The summed E-state index contributed by atoms with van der Waals surface area (Å²) in [4.78, 5) is 25.5. The zero-order chi connectivity index (χ0) is 20.8. The number of piperidine rings is 1. The number of halogens is 6. The minimum atomic E-state index is -4.79. The maximum atomic E-state index is 13.8. The molecule has 0 aliphatic carbocycles. The predicted octanol–water partition coefficient (Wildman–Crippen LogP) is 2.50. The van der Waals surface area contributed by atoms with E-state index in [0.29, 0.717) is 10.6 Å². The van der Waals surface area contributed by atoms with Crippen LogP contribution in [0.5, 0.6) is 0 Å². The fraction of sp³-hybridized carbons (Fsp3) is 0.438. The Labute approximate surface area is 154 Å². The summed E-state index contributed by atoms with van der Waals surface area (Å²) >= 11 is 0. The van der Waals surface area contributed by atoms with E-state index in [2.05, 4.69) is 5.10 Å². The molecule has 1 aromatic heterocycles. The van der Waals surface area contributed by atoms with Crippen LogP contribution in [0.3, 0.4) is 0 Å². The third-order valence-electron chi connectivity index (χ3n) is 4.62. The number of carbonyl (C=O) groups is 1. The molecular weight excluding hydrogens is 394 g/mol. The maximum Gasteiger partial charge on any atom is 0.451 e. The lowest BCUT2D eigenvalue weighted by atomic mass is 10.0. The fourth-order valence-electron chi connectivity index (χ4n) is 3.12.